The summed E-state index contributed by atoms with van der Waals surface area (Å²) < 4.78 is 14.4. The zero-order valence-electron chi connectivity index (χ0n) is 28.1. The Morgan fingerprint density at radius 3 is 2.38 bits per heavy atom. The van der Waals surface area contributed by atoms with Gasteiger partial charge in [-0.05, 0) is 25.6 Å². The van der Waals surface area contributed by atoms with Crippen LogP contribution in [0.15, 0.2) is 65.6 Å². The number of rotatable bonds is 9. The van der Waals surface area contributed by atoms with E-state index in [0.717, 1.165) is 66.1 Å². The Hall–Kier alpha value is -4.26. The number of nitrogens with one attached hydrogen (secondary N) is 1. The number of methoxy groups -OCH3 is 1. The highest BCUT2D eigenvalue weighted by Gasteiger charge is 2.49. The predicted octanol–water partition coefficient (Wildman–Crippen LogP) is 5.24. The maximum absolute atomic E-state index is 13.4. The maximum Gasteiger partial charge on any atom is 0.277 e. The molecule has 258 valence electrons. The van der Waals surface area contributed by atoms with Gasteiger partial charge in [-0.2, -0.15) is 5.10 Å². The van der Waals surface area contributed by atoms with Crippen LogP contribution in [0.4, 0.5) is 0 Å². The van der Waals surface area contributed by atoms with Crippen molar-refractivity contribution in [3.8, 4) is 39.4 Å². The first kappa shape index (κ1) is 32.9. The number of carbonyl (C=O) groups is 1. The zero-order valence-corrected chi connectivity index (χ0v) is 29.6. The molecule has 11 nitrogen and oxygen atoms in total. The van der Waals surface area contributed by atoms with Gasteiger partial charge in [-0.15, -0.1) is 0 Å². The second-order valence-electron chi connectivity index (χ2n) is 13.7. The van der Waals surface area contributed by atoms with Gasteiger partial charge < -0.3 is 14.8 Å². The fraction of sp³-hybridized carbons (Fsp3) is 0.351. The first-order valence-corrected chi connectivity index (χ1v) is 17.4. The first-order chi connectivity index (χ1) is 24.1. The van der Waals surface area contributed by atoms with Crippen LogP contribution in [0.1, 0.15) is 24.2 Å². The van der Waals surface area contributed by atoms with Gasteiger partial charge in [0.25, 0.3) is 5.56 Å². The average molecular weight is 715 g/mol. The van der Waals surface area contributed by atoms with Crippen LogP contribution in [0.25, 0.3) is 39.0 Å². The van der Waals surface area contributed by atoms with Crippen molar-refractivity contribution in [2.75, 3.05) is 40.5 Å². The monoisotopic (exact) mass is 713 g/mol. The fourth-order valence-electron chi connectivity index (χ4n) is 7.37. The molecule has 2 aromatic carbocycles. The highest BCUT2D eigenvalue weighted by Crippen LogP contribution is 2.43. The van der Waals surface area contributed by atoms with Crippen molar-refractivity contribution in [3.63, 3.8) is 0 Å². The van der Waals surface area contributed by atoms with Crippen LogP contribution in [0.5, 0.6) is 5.88 Å². The maximum atomic E-state index is 13.4. The van der Waals surface area contributed by atoms with Crippen LogP contribution in [0.2, 0.25) is 10.0 Å². The van der Waals surface area contributed by atoms with Gasteiger partial charge in [0.1, 0.15) is 11.3 Å². The number of amides is 1. The first-order valence-electron chi connectivity index (χ1n) is 16.6. The largest absolute Gasteiger partial charge is 0.481 e. The summed E-state index contributed by atoms with van der Waals surface area (Å²) in [5.74, 6) is 1.26. The molecule has 3 aliphatic heterocycles. The van der Waals surface area contributed by atoms with Crippen LogP contribution in [0, 0.1) is 5.41 Å². The molecule has 50 heavy (non-hydrogen) atoms. The van der Waals surface area contributed by atoms with Gasteiger partial charge in [0.2, 0.25) is 11.8 Å². The Labute approximate surface area is 299 Å². The van der Waals surface area contributed by atoms with Crippen molar-refractivity contribution in [2.24, 2.45) is 12.5 Å². The lowest BCUT2D eigenvalue weighted by Crippen LogP contribution is -2.65. The molecule has 6 heterocycles. The number of fused-ring (bicyclic) bond motifs is 1. The molecule has 3 aliphatic rings. The van der Waals surface area contributed by atoms with Crippen LogP contribution >= 0.6 is 23.2 Å². The molecule has 3 aromatic heterocycles. The number of aromatic nitrogens is 4. The summed E-state index contributed by atoms with van der Waals surface area (Å²) in [4.78, 5) is 34.4. The molecule has 1 spiro atoms. The molecule has 0 aliphatic carbocycles. The summed E-state index contributed by atoms with van der Waals surface area (Å²) >= 11 is 14.3. The van der Waals surface area contributed by atoms with Crippen LogP contribution in [0.3, 0.4) is 0 Å². The molecule has 1 atom stereocenters. The van der Waals surface area contributed by atoms with Crippen molar-refractivity contribution in [1.29, 1.82) is 0 Å². The lowest BCUT2D eigenvalue weighted by molar-refractivity contribution is -0.191. The van der Waals surface area contributed by atoms with Gasteiger partial charge in [0.05, 0.1) is 48.8 Å². The number of nitrogens with zero attached hydrogens (tertiary/aromatic N) is 6. The molecule has 1 amide bonds. The van der Waals surface area contributed by atoms with E-state index < -0.39 is 0 Å². The third kappa shape index (κ3) is 5.76. The van der Waals surface area contributed by atoms with Gasteiger partial charge in [-0.1, -0.05) is 65.7 Å². The van der Waals surface area contributed by atoms with Crippen LogP contribution < -0.4 is 15.6 Å². The van der Waals surface area contributed by atoms with E-state index in [0.29, 0.717) is 52.5 Å². The second kappa shape index (κ2) is 12.8. The van der Waals surface area contributed by atoms with Crippen LogP contribution in [-0.4, -0.2) is 81.5 Å². The quantitative estimate of drug-likeness (QED) is 0.221. The summed E-state index contributed by atoms with van der Waals surface area (Å²) in [6.07, 6.45) is 3.13. The summed E-state index contributed by atoms with van der Waals surface area (Å²) in [6.45, 7) is 4.70. The molecular formula is C37H37Cl2N7O4. The second-order valence-corrected chi connectivity index (χ2v) is 14.5. The SMILES string of the molecule is COc1nc(-c2cccc(-c3cccc(-c4cc5c(=O)n(C)c(CN6CC7(COC7)C6)nn5c4)c3Cl)c2Cl)ccc1CN(C)[C@H]1CCC(=O)N1. The standard InChI is InChI=1S/C37H37Cl2N7O4/c1-43(30-12-13-32(47)41-30)15-22-10-11-28(40-35(22)49-3)27-9-5-8-26(34(27)39)25-7-4-6-24(33(25)38)23-14-29-36(48)44(2)31(42-46(29)16-23)17-45-18-37(19-45)20-50-21-37/h4-11,14,16,30H,12-13,15,17-21H2,1-3H3,(H,41,47)/t30-/m0/s1. The molecule has 3 fully saturated rings. The average Bonchev–Trinajstić information content (AvgIpc) is 3.71. The van der Waals surface area contributed by atoms with Gasteiger partial charge in [-0.3, -0.25) is 24.0 Å². The third-order valence-corrected chi connectivity index (χ3v) is 11.0. The molecule has 0 unspecified atom stereocenters. The number of carbonyl (C=O) groups excluding carboxylic acids is 1. The Bertz CT molecular complexity index is 2200. The summed E-state index contributed by atoms with van der Waals surface area (Å²) in [5.41, 5.74) is 6.00. The Kier molecular flexibility index (Phi) is 8.43. The predicted molar refractivity (Wildman–Crippen MR) is 192 cm³/mol. The van der Waals surface area contributed by atoms with Gasteiger partial charge in [0.15, 0.2) is 0 Å². The van der Waals surface area contributed by atoms with Gasteiger partial charge in [0, 0.05) is 78.1 Å². The molecule has 13 heteroatoms. The minimum absolute atomic E-state index is 0.0195. The molecular weight excluding hydrogens is 677 g/mol. The van der Waals surface area contributed by atoms with Gasteiger partial charge in [-0.25, -0.2) is 9.50 Å². The summed E-state index contributed by atoms with van der Waals surface area (Å²) in [6, 6.07) is 17.3. The fourth-order valence-corrected chi connectivity index (χ4v) is 8.03. The lowest BCUT2D eigenvalue weighted by atomic mass is 9.78. The summed E-state index contributed by atoms with van der Waals surface area (Å²) in [5, 5.41) is 8.84. The number of halogens is 2. The van der Waals surface area contributed by atoms with E-state index in [2.05, 4.69) is 15.1 Å². The Morgan fingerprint density at radius 1 is 1.02 bits per heavy atom. The van der Waals surface area contributed by atoms with Crippen molar-refractivity contribution >= 4 is 34.6 Å². The van der Waals surface area contributed by atoms with Crippen LogP contribution in [-0.2, 0) is 29.7 Å². The van der Waals surface area contributed by atoms with Crippen molar-refractivity contribution in [1.82, 2.24) is 34.3 Å². The molecule has 1 N–H and O–H groups in total. The van der Waals surface area contributed by atoms with Crippen molar-refractivity contribution in [3.05, 3.63) is 92.6 Å². The minimum atomic E-state index is -0.114. The Balaban J connectivity index is 1.08. The topological polar surface area (TPSA) is 106 Å². The summed E-state index contributed by atoms with van der Waals surface area (Å²) in [7, 11) is 5.34. The molecule has 8 rings (SSSR count). The highest BCUT2D eigenvalue weighted by atomic mass is 35.5. The number of hydrogen-bond donors (Lipinski definition) is 1. The molecule has 0 saturated carbocycles. The molecule has 0 radical (unpaired) electrons. The smallest absolute Gasteiger partial charge is 0.277 e. The number of pyridine rings is 1. The lowest BCUT2D eigenvalue weighted by Gasteiger charge is -2.55. The molecule has 5 aromatic rings. The number of benzene rings is 2. The minimum Gasteiger partial charge on any atom is -0.481 e. The van der Waals surface area contributed by atoms with E-state index in [4.69, 9.17) is 42.8 Å². The van der Waals surface area contributed by atoms with E-state index in [1.165, 1.54) is 0 Å². The molecule has 0 bridgehead atoms. The van der Waals surface area contributed by atoms with Gasteiger partial charge >= 0.3 is 0 Å². The zero-order chi connectivity index (χ0) is 34.7. The third-order valence-electron chi connectivity index (χ3n) is 10.2. The van der Waals surface area contributed by atoms with Crippen molar-refractivity contribution < 1.29 is 14.3 Å². The highest BCUT2D eigenvalue weighted by molar-refractivity contribution is 6.39. The number of ether oxygens (including phenoxy) is 2. The van der Waals surface area contributed by atoms with E-state index in [-0.39, 0.29) is 23.0 Å². The Morgan fingerprint density at radius 2 is 1.72 bits per heavy atom. The van der Waals surface area contributed by atoms with E-state index >= 15 is 0 Å². The number of hydrogen-bond acceptors (Lipinski definition) is 8. The normalized spacial score (nSPS) is 18.4. The number of likely N-dealkylation sites (tertiary alicyclic amines) is 1. The molecule has 3 saturated heterocycles. The van der Waals surface area contributed by atoms with E-state index in [1.54, 1.807) is 23.2 Å². The van der Waals surface area contributed by atoms with E-state index in [9.17, 15) is 9.59 Å². The van der Waals surface area contributed by atoms with E-state index in [1.807, 2.05) is 67.8 Å². The van der Waals surface area contributed by atoms with Crippen molar-refractivity contribution in [2.45, 2.75) is 32.1 Å².